The minimum atomic E-state index is -1.28. The molecule has 0 amide bonds. The summed E-state index contributed by atoms with van der Waals surface area (Å²) in [4.78, 5) is 21.9. The zero-order chi connectivity index (χ0) is 13.5. The summed E-state index contributed by atoms with van der Waals surface area (Å²) in [6, 6.07) is 0. The lowest BCUT2D eigenvalue weighted by atomic mass is 10.0. The number of hydrogen-bond donors (Lipinski definition) is 0. The molecule has 17 heavy (non-hydrogen) atoms. The van der Waals surface area contributed by atoms with Crippen molar-refractivity contribution in [3.8, 4) is 0 Å². The molecule has 1 atom stereocenters. The molecule has 0 aliphatic heterocycles. The van der Waals surface area contributed by atoms with Crippen LogP contribution in [0.5, 0.6) is 0 Å². The number of hydrogen-bond acceptors (Lipinski definition) is 5. The van der Waals surface area contributed by atoms with Crippen LogP contribution in [0.2, 0.25) is 0 Å². The maximum Gasteiger partial charge on any atom is 0.225 e. The van der Waals surface area contributed by atoms with E-state index >= 15 is 0 Å². The third kappa shape index (κ3) is 5.74. The van der Waals surface area contributed by atoms with E-state index in [1.807, 2.05) is 0 Å². The molecule has 1 unspecified atom stereocenters. The average Bonchev–Trinajstić information content (AvgIpc) is 2.16. The number of nitrogens with zero attached hydrogens (tertiary/aromatic N) is 1. The fourth-order valence-electron chi connectivity index (χ4n) is 1.57. The number of carbonyl (C=O) groups excluding carboxylic acids is 1. The quantitative estimate of drug-likeness (QED) is 0.351. The van der Waals surface area contributed by atoms with Crippen molar-refractivity contribution in [1.29, 1.82) is 0 Å². The summed E-state index contributed by atoms with van der Waals surface area (Å²) in [5.74, 6) is -1.86. The highest BCUT2D eigenvalue weighted by atomic mass is 16.7. The third-order valence-corrected chi connectivity index (χ3v) is 2.34. The number of ether oxygens (including phenoxy) is 2. The summed E-state index contributed by atoms with van der Waals surface area (Å²) >= 11 is 0. The van der Waals surface area contributed by atoms with Crippen LogP contribution in [0.15, 0.2) is 0 Å². The van der Waals surface area contributed by atoms with Gasteiger partial charge in [0.2, 0.25) is 12.3 Å². The molecule has 0 aromatic carbocycles. The topological polar surface area (TPSA) is 78.7 Å². The van der Waals surface area contributed by atoms with Gasteiger partial charge in [-0.2, -0.15) is 0 Å². The number of ketones is 1. The van der Waals surface area contributed by atoms with Crippen LogP contribution in [-0.4, -0.2) is 36.3 Å². The average molecular weight is 247 g/mol. The molecule has 6 nitrogen and oxygen atoms in total. The van der Waals surface area contributed by atoms with Crippen LogP contribution in [0.3, 0.4) is 0 Å². The number of nitro groups is 1. The van der Waals surface area contributed by atoms with Gasteiger partial charge in [0.1, 0.15) is 0 Å². The smallest absolute Gasteiger partial charge is 0.225 e. The van der Waals surface area contributed by atoms with Crippen LogP contribution in [0, 0.1) is 16.0 Å². The highest BCUT2D eigenvalue weighted by Gasteiger charge is 2.35. The van der Waals surface area contributed by atoms with E-state index in [1.165, 1.54) is 0 Å². The van der Waals surface area contributed by atoms with Crippen molar-refractivity contribution in [3.05, 3.63) is 10.1 Å². The van der Waals surface area contributed by atoms with Crippen molar-refractivity contribution in [2.75, 3.05) is 19.8 Å². The van der Waals surface area contributed by atoms with Gasteiger partial charge in [0.25, 0.3) is 0 Å². The highest BCUT2D eigenvalue weighted by molar-refractivity contribution is 5.85. The molecule has 0 saturated carbocycles. The van der Waals surface area contributed by atoms with Crippen molar-refractivity contribution in [2.24, 2.45) is 5.92 Å². The molecule has 100 valence electrons. The normalized spacial score (nSPS) is 13.4. The maximum atomic E-state index is 12.0. The molecule has 0 heterocycles. The van der Waals surface area contributed by atoms with Gasteiger partial charge < -0.3 is 9.47 Å². The molecular weight excluding hydrogens is 226 g/mol. The lowest BCUT2D eigenvalue weighted by molar-refractivity contribution is -0.487. The number of Topliss-reactive ketones (excluding diaryl/α,β-unsaturated/α-hetero) is 1. The van der Waals surface area contributed by atoms with E-state index in [2.05, 4.69) is 0 Å². The molecule has 0 rings (SSSR count). The molecule has 6 heteroatoms. The second-order valence-corrected chi connectivity index (χ2v) is 4.06. The Morgan fingerprint density at radius 3 is 2.18 bits per heavy atom. The lowest BCUT2D eigenvalue weighted by Crippen LogP contribution is -2.42. The van der Waals surface area contributed by atoms with Crippen LogP contribution < -0.4 is 0 Å². The predicted octanol–water partition coefficient (Wildman–Crippen LogP) is 1.65. The fourth-order valence-corrected chi connectivity index (χ4v) is 1.57. The van der Waals surface area contributed by atoms with E-state index in [9.17, 15) is 14.9 Å². The lowest BCUT2D eigenvalue weighted by Gasteiger charge is -2.28. The van der Waals surface area contributed by atoms with Gasteiger partial charge in [-0.3, -0.25) is 14.9 Å². The van der Waals surface area contributed by atoms with E-state index in [0.29, 0.717) is 13.2 Å². The van der Waals surface area contributed by atoms with E-state index in [0.717, 1.165) is 0 Å². The van der Waals surface area contributed by atoms with Crippen LogP contribution in [0.4, 0.5) is 0 Å². The zero-order valence-electron chi connectivity index (χ0n) is 10.9. The Morgan fingerprint density at radius 2 is 1.82 bits per heavy atom. The first-order valence-electron chi connectivity index (χ1n) is 5.78. The fraction of sp³-hybridized carbons (Fsp3) is 0.909. The Bertz CT molecular complexity index is 261. The molecule has 0 aromatic rings. The maximum absolute atomic E-state index is 12.0. The van der Waals surface area contributed by atoms with E-state index in [1.54, 1.807) is 27.7 Å². The van der Waals surface area contributed by atoms with E-state index in [-0.39, 0.29) is 24.7 Å². The Balaban J connectivity index is 4.46. The van der Waals surface area contributed by atoms with Crippen LogP contribution >= 0.6 is 0 Å². The van der Waals surface area contributed by atoms with Crippen molar-refractivity contribution >= 4 is 5.78 Å². The van der Waals surface area contributed by atoms with Gasteiger partial charge in [-0.05, 0) is 20.8 Å². The van der Waals surface area contributed by atoms with Gasteiger partial charge in [-0.15, -0.1) is 0 Å². The van der Waals surface area contributed by atoms with Crippen LogP contribution in [-0.2, 0) is 14.3 Å². The van der Waals surface area contributed by atoms with E-state index in [4.69, 9.17) is 9.47 Å². The zero-order valence-corrected chi connectivity index (χ0v) is 10.9. The summed E-state index contributed by atoms with van der Waals surface area (Å²) in [7, 11) is 0. The van der Waals surface area contributed by atoms with Gasteiger partial charge in [0.05, 0.1) is 0 Å². The summed E-state index contributed by atoms with van der Waals surface area (Å²) in [6.45, 7) is 7.24. The van der Waals surface area contributed by atoms with Crippen molar-refractivity contribution < 1.29 is 19.2 Å². The highest BCUT2D eigenvalue weighted by Crippen LogP contribution is 2.19. The van der Waals surface area contributed by atoms with Crippen LogP contribution in [0.25, 0.3) is 0 Å². The molecule has 0 radical (unpaired) electrons. The molecule has 0 fully saturated rings. The molecule has 0 saturated heterocycles. The standard InChI is InChI=1S/C11H21NO5/c1-5-16-11(4,17-6-2)10(13)7-9(3)8-12(14)15/h9H,5-8H2,1-4H3. The Labute approximate surface area is 101 Å². The van der Waals surface area contributed by atoms with Gasteiger partial charge >= 0.3 is 0 Å². The molecule has 0 N–H and O–H groups in total. The van der Waals surface area contributed by atoms with Gasteiger partial charge in [-0.25, -0.2) is 0 Å². The van der Waals surface area contributed by atoms with E-state index < -0.39 is 10.7 Å². The minimum Gasteiger partial charge on any atom is -0.344 e. The predicted molar refractivity (Wildman–Crippen MR) is 62.3 cm³/mol. The molecular formula is C11H21NO5. The minimum absolute atomic E-state index is 0.0808. The van der Waals surface area contributed by atoms with Crippen LogP contribution in [0.1, 0.15) is 34.1 Å². The molecule has 0 aromatic heterocycles. The van der Waals surface area contributed by atoms with Crippen molar-refractivity contribution in [1.82, 2.24) is 0 Å². The summed E-state index contributed by atoms with van der Waals surface area (Å²) in [5.41, 5.74) is 0. The van der Waals surface area contributed by atoms with Crippen molar-refractivity contribution in [3.63, 3.8) is 0 Å². The first kappa shape index (κ1) is 16.0. The Kier molecular flexibility index (Phi) is 6.91. The first-order chi connectivity index (χ1) is 7.85. The second-order valence-electron chi connectivity index (χ2n) is 4.06. The number of carbonyl (C=O) groups is 1. The Morgan fingerprint density at radius 1 is 1.35 bits per heavy atom. The van der Waals surface area contributed by atoms with Crippen molar-refractivity contribution in [2.45, 2.75) is 39.9 Å². The van der Waals surface area contributed by atoms with Gasteiger partial charge in [0, 0.05) is 30.5 Å². The Hall–Kier alpha value is -1.01. The molecule has 0 aliphatic rings. The molecule has 0 bridgehead atoms. The summed E-state index contributed by atoms with van der Waals surface area (Å²) < 4.78 is 10.6. The monoisotopic (exact) mass is 247 g/mol. The largest absolute Gasteiger partial charge is 0.344 e. The summed E-state index contributed by atoms with van der Waals surface area (Å²) in [6.07, 6.45) is 0.0808. The molecule has 0 spiro atoms. The third-order valence-electron chi connectivity index (χ3n) is 2.34. The van der Waals surface area contributed by atoms with Gasteiger partial charge in [-0.1, -0.05) is 6.92 Å². The van der Waals surface area contributed by atoms with Gasteiger partial charge in [0.15, 0.2) is 5.78 Å². The first-order valence-corrected chi connectivity index (χ1v) is 5.78. The SMILES string of the molecule is CCOC(C)(OCC)C(=O)CC(C)C[N+](=O)[O-]. The molecule has 0 aliphatic carbocycles. The number of rotatable bonds is 9. The summed E-state index contributed by atoms with van der Waals surface area (Å²) in [5, 5.41) is 10.3. The second kappa shape index (κ2) is 7.34.